The number of rotatable bonds is 4. The van der Waals surface area contributed by atoms with Gasteiger partial charge in [0.25, 0.3) is 0 Å². The van der Waals surface area contributed by atoms with Crippen molar-refractivity contribution in [2.75, 3.05) is 23.3 Å². The monoisotopic (exact) mass is 283 g/mol. The fraction of sp³-hybridized carbons (Fsp3) is 0.438. The van der Waals surface area contributed by atoms with Gasteiger partial charge in [-0.25, -0.2) is 0 Å². The Morgan fingerprint density at radius 3 is 2.67 bits per heavy atom. The number of nitrogens with zero attached hydrogens (tertiary/aromatic N) is 4. The molecule has 1 aromatic carbocycles. The minimum atomic E-state index is 0.448. The van der Waals surface area contributed by atoms with E-state index in [1.165, 1.54) is 18.4 Å². The average molecular weight is 283 g/mol. The van der Waals surface area contributed by atoms with Crippen molar-refractivity contribution >= 4 is 17.5 Å². The Hall–Kier alpha value is -2.17. The summed E-state index contributed by atoms with van der Waals surface area (Å²) in [6, 6.07) is 8.26. The smallest absolute Gasteiger partial charge is 0.249 e. The molecule has 0 bridgehead atoms. The van der Waals surface area contributed by atoms with Gasteiger partial charge in [-0.1, -0.05) is 32.0 Å². The van der Waals surface area contributed by atoms with Crippen molar-refractivity contribution in [1.82, 2.24) is 15.2 Å². The van der Waals surface area contributed by atoms with E-state index in [9.17, 15) is 0 Å². The van der Waals surface area contributed by atoms with Crippen molar-refractivity contribution in [3.8, 4) is 0 Å². The largest absolute Gasteiger partial charge is 0.355 e. The second-order valence-electron chi connectivity index (χ2n) is 5.70. The molecule has 1 N–H and O–H groups in total. The Balaban J connectivity index is 1.83. The van der Waals surface area contributed by atoms with E-state index >= 15 is 0 Å². The van der Waals surface area contributed by atoms with Gasteiger partial charge in [-0.05, 0) is 30.4 Å². The van der Waals surface area contributed by atoms with Crippen molar-refractivity contribution in [3.05, 3.63) is 36.0 Å². The maximum atomic E-state index is 4.59. The molecule has 0 aliphatic carbocycles. The fourth-order valence-electron chi connectivity index (χ4n) is 2.68. The second kappa shape index (κ2) is 6.08. The number of anilines is 3. The molecule has 1 fully saturated rings. The van der Waals surface area contributed by atoms with Crippen LogP contribution in [0.3, 0.4) is 0 Å². The Kier molecular flexibility index (Phi) is 3.99. The lowest BCUT2D eigenvalue weighted by Gasteiger charge is -2.17. The van der Waals surface area contributed by atoms with Crippen LogP contribution in [0.1, 0.15) is 38.2 Å². The van der Waals surface area contributed by atoms with E-state index in [0.717, 1.165) is 24.6 Å². The zero-order valence-corrected chi connectivity index (χ0v) is 12.6. The van der Waals surface area contributed by atoms with Crippen LogP contribution in [0.2, 0.25) is 0 Å². The van der Waals surface area contributed by atoms with Crippen LogP contribution >= 0.6 is 0 Å². The molecule has 1 aliphatic rings. The van der Waals surface area contributed by atoms with Crippen LogP contribution in [0, 0.1) is 0 Å². The molecular weight excluding hydrogens is 262 g/mol. The molecule has 1 aromatic heterocycles. The molecule has 0 amide bonds. The number of hydrogen-bond donors (Lipinski definition) is 1. The first-order chi connectivity index (χ1) is 10.2. The van der Waals surface area contributed by atoms with Crippen LogP contribution in [0.4, 0.5) is 17.5 Å². The molecule has 5 nitrogen and oxygen atoms in total. The fourth-order valence-corrected chi connectivity index (χ4v) is 2.68. The summed E-state index contributed by atoms with van der Waals surface area (Å²) in [5.74, 6) is 1.92. The molecule has 3 rings (SSSR count). The third-order valence-corrected chi connectivity index (χ3v) is 3.81. The summed E-state index contributed by atoms with van der Waals surface area (Å²) >= 11 is 0. The van der Waals surface area contributed by atoms with Crippen LogP contribution in [0.15, 0.2) is 30.5 Å². The van der Waals surface area contributed by atoms with Crippen molar-refractivity contribution in [3.63, 3.8) is 0 Å². The quantitative estimate of drug-likeness (QED) is 0.932. The van der Waals surface area contributed by atoms with E-state index in [2.05, 4.69) is 57.4 Å². The van der Waals surface area contributed by atoms with Gasteiger partial charge in [0, 0.05) is 18.8 Å². The van der Waals surface area contributed by atoms with E-state index in [4.69, 9.17) is 0 Å². The van der Waals surface area contributed by atoms with Gasteiger partial charge in [0.1, 0.15) is 0 Å². The molecule has 1 aliphatic heterocycles. The lowest BCUT2D eigenvalue weighted by atomic mass is 10.0. The van der Waals surface area contributed by atoms with Gasteiger partial charge < -0.3 is 10.2 Å². The normalized spacial score (nSPS) is 14.7. The molecule has 110 valence electrons. The second-order valence-corrected chi connectivity index (χ2v) is 5.70. The summed E-state index contributed by atoms with van der Waals surface area (Å²) in [5.41, 5.74) is 2.31. The molecule has 0 radical (unpaired) electrons. The van der Waals surface area contributed by atoms with Crippen LogP contribution in [-0.2, 0) is 0 Å². The molecule has 0 spiro atoms. The molecule has 5 heteroatoms. The van der Waals surface area contributed by atoms with E-state index in [0.29, 0.717) is 11.9 Å². The van der Waals surface area contributed by atoms with Gasteiger partial charge in [-0.2, -0.15) is 10.1 Å². The highest BCUT2D eigenvalue weighted by Gasteiger charge is 2.15. The Labute approximate surface area is 125 Å². The zero-order chi connectivity index (χ0) is 14.7. The summed E-state index contributed by atoms with van der Waals surface area (Å²) in [5, 5.41) is 11.5. The van der Waals surface area contributed by atoms with Crippen molar-refractivity contribution < 1.29 is 0 Å². The lowest BCUT2D eigenvalue weighted by molar-refractivity contribution is 0.864. The molecule has 2 aromatic rings. The van der Waals surface area contributed by atoms with E-state index in [-0.39, 0.29) is 0 Å². The van der Waals surface area contributed by atoms with Crippen LogP contribution in [0.5, 0.6) is 0 Å². The van der Waals surface area contributed by atoms with Crippen molar-refractivity contribution in [2.45, 2.75) is 32.6 Å². The summed E-state index contributed by atoms with van der Waals surface area (Å²) in [4.78, 5) is 6.85. The Bertz CT molecular complexity index is 605. The Morgan fingerprint density at radius 1 is 1.14 bits per heavy atom. The first-order valence-corrected chi connectivity index (χ1v) is 7.54. The summed E-state index contributed by atoms with van der Waals surface area (Å²) in [6.07, 6.45) is 4.19. The first kappa shape index (κ1) is 13.8. The molecular formula is C16H21N5. The average Bonchev–Trinajstić information content (AvgIpc) is 3.02. The molecule has 0 unspecified atom stereocenters. The van der Waals surface area contributed by atoms with Crippen LogP contribution in [-0.4, -0.2) is 28.3 Å². The molecule has 0 saturated carbocycles. The lowest BCUT2D eigenvalue weighted by Crippen LogP contribution is -2.20. The highest BCUT2D eigenvalue weighted by molar-refractivity contribution is 5.60. The summed E-state index contributed by atoms with van der Waals surface area (Å²) < 4.78 is 0. The van der Waals surface area contributed by atoms with Gasteiger partial charge in [-0.15, -0.1) is 5.10 Å². The molecule has 21 heavy (non-hydrogen) atoms. The number of aromatic nitrogens is 3. The highest BCUT2D eigenvalue weighted by Crippen LogP contribution is 2.26. The van der Waals surface area contributed by atoms with E-state index in [1.54, 1.807) is 6.20 Å². The third-order valence-electron chi connectivity index (χ3n) is 3.81. The first-order valence-electron chi connectivity index (χ1n) is 7.54. The number of benzene rings is 1. The molecule has 0 atom stereocenters. The van der Waals surface area contributed by atoms with Gasteiger partial charge in [0.15, 0.2) is 5.82 Å². The summed E-state index contributed by atoms with van der Waals surface area (Å²) in [6.45, 7) is 6.47. The van der Waals surface area contributed by atoms with Crippen LogP contribution < -0.4 is 10.2 Å². The maximum absolute atomic E-state index is 4.59. The van der Waals surface area contributed by atoms with Crippen LogP contribution in [0.25, 0.3) is 0 Å². The number of hydrogen-bond acceptors (Lipinski definition) is 5. The Morgan fingerprint density at radius 2 is 1.90 bits per heavy atom. The standard InChI is InChI=1S/C16H21N5/c1-12(2)13-7-3-4-8-14(13)18-16-19-15(11-17-20-16)21-9-5-6-10-21/h3-4,7-8,11-12H,5-6,9-10H2,1-2H3,(H,18,19,20). The van der Waals surface area contributed by atoms with Gasteiger partial charge in [0.05, 0.1) is 6.20 Å². The van der Waals surface area contributed by atoms with E-state index < -0.39 is 0 Å². The van der Waals surface area contributed by atoms with Crippen molar-refractivity contribution in [1.29, 1.82) is 0 Å². The predicted molar refractivity (Wildman–Crippen MR) is 85.1 cm³/mol. The van der Waals surface area contributed by atoms with Gasteiger partial charge in [-0.3, -0.25) is 0 Å². The number of para-hydroxylation sites is 1. The van der Waals surface area contributed by atoms with Gasteiger partial charge >= 0.3 is 0 Å². The molecule has 2 heterocycles. The zero-order valence-electron chi connectivity index (χ0n) is 12.6. The third kappa shape index (κ3) is 3.12. The van der Waals surface area contributed by atoms with Gasteiger partial charge in [0.2, 0.25) is 5.95 Å². The summed E-state index contributed by atoms with van der Waals surface area (Å²) in [7, 11) is 0. The molecule has 1 saturated heterocycles. The van der Waals surface area contributed by atoms with E-state index in [1.807, 2.05) is 6.07 Å². The minimum absolute atomic E-state index is 0.448. The number of nitrogens with one attached hydrogen (secondary N) is 1. The topological polar surface area (TPSA) is 53.9 Å². The SMILES string of the molecule is CC(C)c1ccccc1Nc1nncc(N2CCCC2)n1. The predicted octanol–water partition coefficient (Wildman–Crippen LogP) is 3.34. The highest BCUT2D eigenvalue weighted by atomic mass is 15.3. The maximum Gasteiger partial charge on any atom is 0.249 e. The minimum Gasteiger partial charge on any atom is -0.355 e. The van der Waals surface area contributed by atoms with Crippen molar-refractivity contribution in [2.24, 2.45) is 0 Å².